The summed E-state index contributed by atoms with van der Waals surface area (Å²) < 4.78 is 39.3. The number of halogens is 2. The summed E-state index contributed by atoms with van der Waals surface area (Å²) >= 11 is 0. The highest BCUT2D eigenvalue weighted by molar-refractivity contribution is 5.80. The van der Waals surface area contributed by atoms with Crippen molar-refractivity contribution in [3.8, 4) is 17.2 Å². The van der Waals surface area contributed by atoms with Crippen LogP contribution in [-0.2, 0) is 4.84 Å². The molecule has 0 fully saturated rings. The van der Waals surface area contributed by atoms with Crippen LogP contribution in [0.15, 0.2) is 53.7 Å². The quantitative estimate of drug-likeness (QED) is 0.397. The molecule has 0 bridgehead atoms. The van der Waals surface area contributed by atoms with Crippen LogP contribution in [0.3, 0.4) is 0 Å². The van der Waals surface area contributed by atoms with Crippen molar-refractivity contribution >= 4 is 6.21 Å². The van der Waals surface area contributed by atoms with Crippen molar-refractivity contribution in [1.29, 1.82) is 0 Å². The first-order chi connectivity index (χ1) is 11.7. The maximum atomic E-state index is 12.2. The fraction of sp³-hybridized carbons (Fsp3) is 0.235. The van der Waals surface area contributed by atoms with E-state index < -0.39 is 6.61 Å². The Hall–Kier alpha value is -2.83. The molecule has 0 unspecified atom stereocenters. The number of rotatable bonds is 9. The number of para-hydroxylation sites is 1. The topological polar surface area (TPSA) is 49.3 Å². The Morgan fingerprint density at radius 2 is 1.83 bits per heavy atom. The van der Waals surface area contributed by atoms with E-state index in [9.17, 15) is 8.78 Å². The van der Waals surface area contributed by atoms with Crippen LogP contribution in [0.4, 0.5) is 8.78 Å². The fourth-order valence-corrected chi connectivity index (χ4v) is 1.82. The van der Waals surface area contributed by atoms with Gasteiger partial charge in [0.05, 0.1) is 13.3 Å². The van der Waals surface area contributed by atoms with E-state index in [-0.39, 0.29) is 18.1 Å². The van der Waals surface area contributed by atoms with Gasteiger partial charge in [-0.05, 0) is 30.3 Å². The third-order valence-electron chi connectivity index (χ3n) is 2.87. The standard InChI is InChI=1S/C17H17F2NO4/c1-21-16-11-13(7-8-15(16)24-17(18)19)12-20-23-10-9-22-14-5-3-2-4-6-14/h2-8,11-12,17H,9-10H2,1H3. The van der Waals surface area contributed by atoms with Gasteiger partial charge in [0, 0.05) is 5.56 Å². The van der Waals surface area contributed by atoms with E-state index in [1.807, 2.05) is 30.3 Å². The van der Waals surface area contributed by atoms with Crippen molar-refractivity contribution in [2.24, 2.45) is 5.16 Å². The second-order valence-corrected chi connectivity index (χ2v) is 4.52. The van der Waals surface area contributed by atoms with Crippen LogP contribution in [0.5, 0.6) is 17.2 Å². The lowest BCUT2D eigenvalue weighted by atomic mass is 10.2. The van der Waals surface area contributed by atoms with Crippen LogP contribution in [0.25, 0.3) is 0 Å². The normalized spacial score (nSPS) is 10.8. The highest BCUT2D eigenvalue weighted by Gasteiger charge is 2.10. The van der Waals surface area contributed by atoms with Gasteiger partial charge < -0.3 is 19.0 Å². The molecule has 5 nitrogen and oxygen atoms in total. The van der Waals surface area contributed by atoms with Gasteiger partial charge in [0.15, 0.2) is 18.1 Å². The van der Waals surface area contributed by atoms with Gasteiger partial charge in [0.1, 0.15) is 12.4 Å². The molecule has 0 radical (unpaired) electrons. The Morgan fingerprint density at radius 1 is 1.04 bits per heavy atom. The summed E-state index contributed by atoms with van der Waals surface area (Å²) in [6.07, 6.45) is 1.44. The molecule has 0 aromatic heterocycles. The molecule has 0 amide bonds. The first-order valence-electron chi connectivity index (χ1n) is 7.15. The van der Waals surface area contributed by atoms with Gasteiger partial charge >= 0.3 is 6.61 Å². The Kier molecular flexibility index (Phi) is 6.82. The second-order valence-electron chi connectivity index (χ2n) is 4.52. The zero-order valence-corrected chi connectivity index (χ0v) is 13.0. The van der Waals surface area contributed by atoms with Crippen molar-refractivity contribution < 1.29 is 27.8 Å². The van der Waals surface area contributed by atoms with E-state index in [1.165, 1.54) is 25.5 Å². The largest absolute Gasteiger partial charge is 0.493 e. The maximum absolute atomic E-state index is 12.2. The van der Waals surface area contributed by atoms with Gasteiger partial charge in [-0.1, -0.05) is 23.4 Å². The number of nitrogens with zero attached hydrogens (tertiary/aromatic N) is 1. The summed E-state index contributed by atoms with van der Waals surface area (Å²) in [6.45, 7) is -2.28. The number of methoxy groups -OCH3 is 1. The zero-order chi connectivity index (χ0) is 17.2. The summed E-state index contributed by atoms with van der Waals surface area (Å²) in [5.74, 6) is 0.901. The third kappa shape index (κ3) is 5.75. The minimum atomic E-state index is -2.91. The molecule has 2 aromatic rings. The first-order valence-corrected chi connectivity index (χ1v) is 7.15. The molecule has 24 heavy (non-hydrogen) atoms. The van der Waals surface area contributed by atoms with Gasteiger partial charge in [-0.2, -0.15) is 8.78 Å². The van der Waals surface area contributed by atoms with Crippen LogP contribution in [0.1, 0.15) is 5.56 Å². The number of alkyl halides is 2. The molecule has 2 aromatic carbocycles. The molecule has 0 N–H and O–H groups in total. The number of benzene rings is 2. The van der Waals surface area contributed by atoms with Crippen molar-refractivity contribution in [2.75, 3.05) is 20.3 Å². The third-order valence-corrected chi connectivity index (χ3v) is 2.87. The minimum Gasteiger partial charge on any atom is -0.493 e. The predicted molar refractivity (Wildman–Crippen MR) is 85.1 cm³/mol. The van der Waals surface area contributed by atoms with Crippen molar-refractivity contribution in [2.45, 2.75) is 6.61 Å². The van der Waals surface area contributed by atoms with E-state index in [0.29, 0.717) is 12.2 Å². The molecule has 0 atom stereocenters. The highest BCUT2D eigenvalue weighted by atomic mass is 19.3. The van der Waals surface area contributed by atoms with Gasteiger partial charge in [0.2, 0.25) is 0 Å². The maximum Gasteiger partial charge on any atom is 0.387 e. The molecule has 0 aliphatic rings. The predicted octanol–water partition coefficient (Wildman–Crippen LogP) is 3.73. The smallest absolute Gasteiger partial charge is 0.387 e. The Balaban J connectivity index is 1.79. The van der Waals surface area contributed by atoms with E-state index in [0.717, 1.165) is 5.75 Å². The monoisotopic (exact) mass is 337 g/mol. The average Bonchev–Trinajstić information content (AvgIpc) is 2.59. The fourth-order valence-electron chi connectivity index (χ4n) is 1.82. The molecule has 7 heteroatoms. The van der Waals surface area contributed by atoms with Crippen molar-refractivity contribution in [3.63, 3.8) is 0 Å². The lowest BCUT2D eigenvalue weighted by Gasteiger charge is -2.09. The highest BCUT2D eigenvalue weighted by Crippen LogP contribution is 2.28. The molecular weight excluding hydrogens is 320 g/mol. The number of hydrogen-bond donors (Lipinski definition) is 0. The lowest BCUT2D eigenvalue weighted by molar-refractivity contribution is -0.0512. The lowest BCUT2D eigenvalue weighted by Crippen LogP contribution is -2.04. The zero-order valence-electron chi connectivity index (χ0n) is 13.0. The summed E-state index contributed by atoms with van der Waals surface area (Å²) in [5.41, 5.74) is 0.623. The van der Waals surface area contributed by atoms with Gasteiger partial charge in [-0.25, -0.2) is 0 Å². The van der Waals surface area contributed by atoms with Crippen LogP contribution in [0, 0.1) is 0 Å². The SMILES string of the molecule is COc1cc(C=NOCCOc2ccccc2)ccc1OC(F)F. The van der Waals surface area contributed by atoms with Crippen molar-refractivity contribution in [1.82, 2.24) is 0 Å². The summed E-state index contributed by atoms with van der Waals surface area (Å²) in [5, 5.41) is 3.79. The molecule has 0 spiro atoms. The van der Waals surface area contributed by atoms with Crippen LogP contribution in [-0.4, -0.2) is 33.1 Å². The van der Waals surface area contributed by atoms with Gasteiger partial charge in [-0.15, -0.1) is 0 Å². The number of hydrogen-bond acceptors (Lipinski definition) is 5. The Bertz CT molecular complexity index is 650. The molecule has 0 aliphatic heterocycles. The van der Waals surface area contributed by atoms with E-state index in [2.05, 4.69) is 9.89 Å². The number of ether oxygens (including phenoxy) is 3. The molecular formula is C17H17F2NO4. The van der Waals surface area contributed by atoms with Crippen molar-refractivity contribution in [3.05, 3.63) is 54.1 Å². The van der Waals surface area contributed by atoms with Gasteiger partial charge in [0.25, 0.3) is 0 Å². The summed E-state index contributed by atoms with van der Waals surface area (Å²) in [4.78, 5) is 5.08. The van der Waals surface area contributed by atoms with E-state index in [1.54, 1.807) is 6.07 Å². The van der Waals surface area contributed by atoms with E-state index in [4.69, 9.17) is 14.3 Å². The summed E-state index contributed by atoms with van der Waals surface area (Å²) in [7, 11) is 1.37. The molecule has 0 heterocycles. The molecule has 0 saturated carbocycles. The minimum absolute atomic E-state index is 0.0400. The Labute approximate surface area is 138 Å². The first kappa shape index (κ1) is 17.5. The number of oxime groups is 1. The molecule has 0 aliphatic carbocycles. The Morgan fingerprint density at radius 3 is 2.54 bits per heavy atom. The van der Waals surface area contributed by atoms with Crippen LogP contribution < -0.4 is 14.2 Å². The molecule has 128 valence electrons. The molecule has 2 rings (SSSR count). The molecule has 0 saturated heterocycles. The van der Waals surface area contributed by atoms with Crippen LogP contribution in [0.2, 0.25) is 0 Å². The van der Waals surface area contributed by atoms with Crippen LogP contribution >= 0.6 is 0 Å². The summed E-state index contributed by atoms with van der Waals surface area (Å²) in [6, 6.07) is 13.8. The second kappa shape index (κ2) is 9.34. The van der Waals surface area contributed by atoms with Gasteiger partial charge in [-0.3, -0.25) is 0 Å². The van der Waals surface area contributed by atoms with E-state index >= 15 is 0 Å². The average molecular weight is 337 g/mol.